The number of fused-ring (bicyclic) bond motifs is 5. The van der Waals surface area contributed by atoms with E-state index in [2.05, 4.69) is 45.6 Å². The minimum absolute atomic E-state index is 0.0196. The molecule has 4 aliphatic carbocycles. The summed E-state index contributed by atoms with van der Waals surface area (Å²) in [6.45, 7) is 15.0. The van der Waals surface area contributed by atoms with Crippen molar-refractivity contribution in [3.8, 4) is 0 Å². The number of carbonyl (C=O) groups is 1. The van der Waals surface area contributed by atoms with Crippen LogP contribution in [0.25, 0.3) is 0 Å². The summed E-state index contributed by atoms with van der Waals surface area (Å²) in [4.78, 5) is 14.6. The molecule has 0 aliphatic heterocycles. The van der Waals surface area contributed by atoms with Crippen molar-refractivity contribution in [1.82, 2.24) is 4.90 Å². The van der Waals surface area contributed by atoms with Crippen LogP contribution in [0.15, 0.2) is 11.6 Å². The van der Waals surface area contributed by atoms with E-state index in [1.807, 2.05) is 0 Å². The number of likely N-dealkylation sites (N-methyl/N-ethyl adjacent to an activating group) is 1. The Bertz CT molecular complexity index is 791. The van der Waals surface area contributed by atoms with Gasteiger partial charge < -0.3 is 14.4 Å². The molecule has 0 aromatic carbocycles. The van der Waals surface area contributed by atoms with Crippen LogP contribution in [0.3, 0.4) is 0 Å². The van der Waals surface area contributed by atoms with Crippen LogP contribution < -0.4 is 0 Å². The quantitative estimate of drug-likeness (QED) is 0.135. The van der Waals surface area contributed by atoms with Gasteiger partial charge in [0, 0.05) is 13.0 Å². The second-order valence-corrected chi connectivity index (χ2v) is 13.7. The Balaban J connectivity index is 1.29. The zero-order valence-electron chi connectivity index (χ0n) is 25.6. The van der Waals surface area contributed by atoms with Crippen LogP contribution in [-0.2, 0) is 9.47 Å². The topological polar surface area (TPSA) is 38.8 Å². The predicted octanol–water partition coefficient (Wildman–Crippen LogP) is 9.18. The van der Waals surface area contributed by atoms with Crippen LogP contribution in [0, 0.1) is 34.5 Å². The van der Waals surface area contributed by atoms with Gasteiger partial charge >= 0.3 is 6.16 Å². The van der Waals surface area contributed by atoms with Gasteiger partial charge in [-0.1, -0.05) is 84.8 Å². The third-order valence-electron chi connectivity index (χ3n) is 11.9. The molecule has 0 bridgehead atoms. The van der Waals surface area contributed by atoms with Gasteiger partial charge in [0.05, 0.1) is 0 Å². The van der Waals surface area contributed by atoms with Gasteiger partial charge in [-0.05, 0) is 99.0 Å². The highest BCUT2D eigenvalue weighted by molar-refractivity contribution is 5.60. The highest BCUT2D eigenvalue weighted by Crippen LogP contribution is 2.66. The van der Waals surface area contributed by atoms with Gasteiger partial charge in [-0.15, -0.1) is 0 Å². The average Bonchev–Trinajstić information content (AvgIpc) is 3.25. The number of rotatable bonds is 13. The molecule has 0 aromatic rings. The molecule has 4 rings (SSSR count). The molecule has 0 aromatic heterocycles. The number of nitrogens with zero attached hydrogens (tertiary/aromatic N) is 1. The van der Waals surface area contributed by atoms with Crippen molar-refractivity contribution >= 4 is 6.16 Å². The first kappa shape index (κ1) is 29.9. The van der Waals surface area contributed by atoms with E-state index in [9.17, 15) is 4.79 Å². The van der Waals surface area contributed by atoms with Gasteiger partial charge in [0.15, 0.2) is 0 Å². The Hall–Kier alpha value is -1.03. The van der Waals surface area contributed by atoms with E-state index >= 15 is 0 Å². The molecule has 0 saturated heterocycles. The summed E-state index contributed by atoms with van der Waals surface area (Å²) in [5, 5.41) is 0. The maximum Gasteiger partial charge on any atom is 0.508 e. The Kier molecular flexibility index (Phi) is 10.7. The second-order valence-electron chi connectivity index (χ2n) is 13.7. The summed E-state index contributed by atoms with van der Waals surface area (Å²) in [6, 6.07) is 0. The standard InChI is InChI=1S/C34H59NO3/c1-6-9-10-11-12-13-14-26-16-18-30-29-17-15-27-25-28(38-32(36)37-24-23-35(7-2)8-3)19-21-34(27,5)31(29)20-22-33(26,30)4/h15,26,28-31H,6-14,16-25H2,1-5H3. The predicted molar refractivity (Wildman–Crippen MR) is 157 cm³/mol. The van der Waals surface area contributed by atoms with Gasteiger partial charge in [-0.3, -0.25) is 0 Å². The van der Waals surface area contributed by atoms with Gasteiger partial charge in [0.25, 0.3) is 0 Å². The molecule has 3 fully saturated rings. The molecule has 0 radical (unpaired) electrons. The number of allylic oxidation sites excluding steroid dienone is 1. The Morgan fingerprint density at radius 3 is 2.47 bits per heavy atom. The molecule has 7 unspecified atom stereocenters. The monoisotopic (exact) mass is 529 g/mol. The molecule has 218 valence electrons. The van der Waals surface area contributed by atoms with E-state index in [-0.39, 0.29) is 6.10 Å². The lowest BCUT2D eigenvalue weighted by Crippen LogP contribution is -2.50. The zero-order chi connectivity index (χ0) is 27.2. The molecular formula is C34H59NO3. The molecule has 7 atom stereocenters. The lowest BCUT2D eigenvalue weighted by molar-refractivity contribution is -0.0565. The number of hydrogen-bond donors (Lipinski definition) is 0. The van der Waals surface area contributed by atoms with Crippen molar-refractivity contribution in [3.63, 3.8) is 0 Å². The van der Waals surface area contributed by atoms with E-state index in [4.69, 9.17) is 9.47 Å². The molecule has 3 saturated carbocycles. The number of hydrogen-bond acceptors (Lipinski definition) is 4. The van der Waals surface area contributed by atoms with Crippen LogP contribution in [0.1, 0.15) is 131 Å². The van der Waals surface area contributed by atoms with Crippen molar-refractivity contribution in [3.05, 3.63) is 11.6 Å². The molecule has 4 nitrogen and oxygen atoms in total. The van der Waals surface area contributed by atoms with Crippen molar-refractivity contribution in [1.29, 1.82) is 0 Å². The lowest BCUT2D eigenvalue weighted by Gasteiger charge is -2.58. The van der Waals surface area contributed by atoms with Crippen molar-refractivity contribution in [2.75, 3.05) is 26.2 Å². The molecule has 4 heteroatoms. The lowest BCUT2D eigenvalue weighted by atomic mass is 9.47. The molecule has 38 heavy (non-hydrogen) atoms. The second kappa shape index (κ2) is 13.6. The van der Waals surface area contributed by atoms with Crippen molar-refractivity contribution in [2.24, 2.45) is 34.5 Å². The Morgan fingerprint density at radius 2 is 1.71 bits per heavy atom. The van der Waals surface area contributed by atoms with Gasteiger partial charge in [0.2, 0.25) is 0 Å². The fourth-order valence-electron chi connectivity index (χ4n) is 9.45. The fourth-order valence-corrected chi connectivity index (χ4v) is 9.45. The molecule has 4 aliphatic rings. The van der Waals surface area contributed by atoms with E-state index in [1.165, 1.54) is 77.0 Å². The summed E-state index contributed by atoms with van der Waals surface area (Å²) >= 11 is 0. The highest BCUT2D eigenvalue weighted by Gasteiger charge is 2.58. The molecule has 0 heterocycles. The fraction of sp³-hybridized carbons (Fsp3) is 0.912. The maximum absolute atomic E-state index is 12.4. The first-order valence-electron chi connectivity index (χ1n) is 16.6. The van der Waals surface area contributed by atoms with E-state index in [0.717, 1.165) is 62.6 Å². The van der Waals surface area contributed by atoms with Crippen LogP contribution >= 0.6 is 0 Å². The Labute approximate surface area is 234 Å². The molecule has 0 amide bonds. The van der Waals surface area contributed by atoms with E-state index in [1.54, 1.807) is 5.57 Å². The van der Waals surface area contributed by atoms with Crippen LogP contribution in [0.2, 0.25) is 0 Å². The molecule has 0 N–H and O–H groups in total. The largest absolute Gasteiger partial charge is 0.508 e. The minimum Gasteiger partial charge on any atom is -0.433 e. The zero-order valence-corrected chi connectivity index (χ0v) is 25.6. The highest BCUT2D eigenvalue weighted by atomic mass is 16.7. The van der Waals surface area contributed by atoms with Gasteiger partial charge in [0.1, 0.15) is 12.7 Å². The van der Waals surface area contributed by atoms with Gasteiger partial charge in [-0.25, -0.2) is 4.79 Å². The maximum atomic E-state index is 12.4. The SMILES string of the molecule is CCCCCCCCC1CCC2C3CC=C4CC(OC(=O)OCCN(CC)CC)CCC4(C)C3CCC12C. The van der Waals surface area contributed by atoms with E-state index < -0.39 is 6.16 Å². The van der Waals surface area contributed by atoms with Crippen LogP contribution in [0.5, 0.6) is 0 Å². The third kappa shape index (κ3) is 6.47. The molecular weight excluding hydrogens is 470 g/mol. The first-order chi connectivity index (χ1) is 18.4. The van der Waals surface area contributed by atoms with Gasteiger partial charge in [-0.2, -0.15) is 0 Å². The number of ether oxygens (including phenoxy) is 2. The normalized spacial score (nSPS) is 36.3. The smallest absolute Gasteiger partial charge is 0.433 e. The Morgan fingerprint density at radius 1 is 0.947 bits per heavy atom. The summed E-state index contributed by atoms with van der Waals surface area (Å²) in [5.74, 6) is 3.54. The summed E-state index contributed by atoms with van der Waals surface area (Å²) < 4.78 is 11.2. The number of carbonyl (C=O) groups excluding carboxylic acids is 1. The summed E-state index contributed by atoms with van der Waals surface area (Å²) in [5.41, 5.74) is 2.45. The third-order valence-corrected chi connectivity index (χ3v) is 11.9. The van der Waals surface area contributed by atoms with Crippen LogP contribution in [-0.4, -0.2) is 43.4 Å². The minimum atomic E-state index is -0.476. The van der Waals surface area contributed by atoms with E-state index in [0.29, 0.717) is 17.4 Å². The average molecular weight is 530 g/mol. The first-order valence-corrected chi connectivity index (χ1v) is 16.6. The number of unbranched alkanes of at least 4 members (excludes halogenated alkanes) is 5. The van der Waals surface area contributed by atoms with Crippen molar-refractivity contribution in [2.45, 2.75) is 137 Å². The van der Waals surface area contributed by atoms with Crippen LogP contribution in [0.4, 0.5) is 4.79 Å². The van der Waals surface area contributed by atoms with Crippen molar-refractivity contribution < 1.29 is 14.3 Å². The summed E-state index contributed by atoms with van der Waals surface area (Å²) in [7, 11) is 0. The summed E-state index contributed by atoms with van der Waals surface area (Å²) in [6.07, 6.45) is 22.1. The molecule has 0 spiro atoms.